The van der Waals surface area contributed by atoms with Crippen molar-refractivity contribution in [3.05, 3.63) is 72.5 Å². The summed E-state index contributed by atoms with van der Waals surface area (Å²) in [6.07, 6.45) is 3.68. The van der Waals surface area contributed by atoms with E-state index in [9.17, 15) is 0 Å². The van der Waals surface area contributed by atoms with Crippen molar-refractivity contribution in [3.8, 4) is 5.75 Å². The Hall–Kier alpha value is -1.71. The first-order valence-corrected chi connectivity index (χ1v) is 7.06. The van der Waals surface area contributed by atoms with Gasteiger partial charge < -0.3 is 9.84 Å². The van der Waals surface area contributed by atoms with Gasteiger partial charge in [-0.2, -0.15) is 0 Å². The molecule has 2 aromatic carbocycles. The highest BCUT2D eigenvalue weighted by molar-refractivity contribution is 7.99. The van der Waals surface area contributed by atoms with Crippen LogP contribution in [0.5, 0.6) is 5.75 Å². The van der Waals surface area contributed by atoms with Crippen molar-refractivity contribution in [1.82, 2.24) is 0 Å². The Balaban J connectivity index is 1.74. The van der Waals surface area contributed by atoms with Crippen LogP contribution in [-0.4, -0.2) is 10.9 Å². The Kier molecular flexibility index (Phi) is 5.53. The summed E-state index contributed by atoms with van der Waals surface area (Å²) in [5.41, 5.74) is 0.885. The summed E-state index contributed by atoms with van der Waals surface area (Å²) in [5, 5.41) is 8.93. The van der Waals surface area contributed by atoms with Gasteiger partial charge in [-0.3, -0.25) is 0 Å². The molecule has 0 amide bonds. The third-order valence-corrected chi connectivity index (χ3v) is 3.46. The van der Waals surface area contributed by atoms with Crippen LogP contribution in [0.3, 0.4) is 0 Å². The molecule has 3 heteroatoms. The molecule has 2 nitrogen and oxygen atoms in total. The molecular formula is C16H16O2S. The van der Waals surface area contributed by atoms with E-state index in [4.69, 9.17) is 9.84 Å². The standard InChI is InChI=1S/C16H16O2S/c17-13-14-7-9-15(10-8-14)18-11-4-12-19-16-5-2-1-3-6-16/h1-11,17H,12-13H2. The Labute approximate surface area is 117 Å². The number of aliphatic hydroxyl groups is 1. The van der Waals surface area contributed by atoms with Crippen LogP contribution in [0.1, 0.15) is 5.56 Å². The SMILES string of the molecule is OCc1ccc(OC=CCSc2ccccc2)cc1. The van der Waals surface area contributed by atoms with Gasteiger partial charge in [-0.25, -0.2) is 0 Å². The highest BCUT2D eigenvalue weighted by atomic mass is 32.2. The largest absolute Gasteiger partial charge is 0.465 e. The maximum Gasteiger partial charge on any atom is 0.126 e. The summed E-state index contributed by atoms with van der Waals surface area (Å²) in [6.45, 7) is 0.0594. The van der Waals surface area contributed by atoms with Crippen molar-refractivity contribution in [2.45, 2.75) is 11.5 Å². The summed E-state index contributed by atoms with van der Waals surface area (Å²) in [6, 6.07) is 17.7. The molecule has 0 aliphatic heterocycles. The van der Waals surface area contributed by atoms with Crippen LogP contribution in [0.2, 0.25) is 0 Å². The van der Waals surface area contributed by atoms with Crippen molar-refractivity contribution in [3.63, 3.8) is 0 Å². The lowest BCUT2D eigenvalue weighted by Gasteiger charge is -2.01. The summed E-state index contributed by atoms with van der Waals surface area (Å²) in [7, 11) is 0. The lowest BCUT2D eigenvalue weighted by atomic mass is 10.2. The van der Waals surface area contributed by atoms with E-state index in [1.807, 2.05) is 48.5 Å². The van der Waals surface area contributed by atoms with Gasteiger partial charge in [-0.15, -0.1) is 11.8 Å². The second kappa shape index (κ2) is 7.67. The molecule has 0 aliphatic carbocycles. The second-order valence-electron chi connectivity index (χ2n) is 3.92. The predicted molar refractivity (Wildman–Crippen MR) is 79.3 cm³/mol. The van der Waals surface area contributed by atoms with Gasteiger partial charge in [0.05, 0.1) is 12.9 Å². The fourth-order valence-corrected chi connectivity index (χ4v) is 2.22. The highest BCUT2D eigenvalue weighted by Gasteiger charge is 1.92. The third-order valence-electron chi connectivity index (χ3n) is 2.50. The van der Waals surface area contributed by atoms with Gasteiger partial charge in [0, 0.05) is 10.6 Å². The zero-order chi connectivity index (χ0) is 13.3. The number of benzene rings is 2. The molecule has 0 saturated heterocycles. The van der Waals surface area contributed by atoms with Crippen molar-refractivity contribution in [1.29, 1.82) is 0 Å². The molecule has 19 heavy (non-hydrogen) atoms. The van der Waals surface area contributed by atoms with Crippen LogP contribution >= 0.6 is 11.8 Å². The minimum absolute atomic E-state index is 0.0594. The first-order valence-electron chi connectivity index (χ1n) is 6.08. The topological polar surface area (TPSA) is 29.5 Å². The molecule has 0 unspecified atom stereocenters. The Morgan fingerprint density at radius 1 is 1.00 bits per heavy atom. The Bertz CT molecular complexity index is 506. The molecular weight excluding hydrogens is 256 g/mol. The Morgan fingerprint density at radius 3 is 2.42 bits per heavy atom. The smallest absolute Gasteiger partial charge is 0.126 e. The maximum atomic E-state index is 8.93. The molecule has 0 heterocycles. The molecule has 2 rings (SSSR count). The molecule has 0 aromatic heterocycles. The van der Waals surface area contributed by atoms with Crippen LogP contribution in [0.25, 0.3) is 0 Å². The van der Waals surface area contributed by atoms with E-state index in [0.29, 0.717) is 0 Å². The lowest BCUT2D eigenvalue weighted by Crippen LogP contribution is -1.85. The number of aliphatic hydroxyl groups excluding tert-OH is 1. The van der Waals surface area contributed by atoms with Gasteiger partial charge in [0.2, 0.25) is 0 Å². The van der Waals surface area contributed by atoms with Gasteiger partial charge in [-0.1, -0.05) is 30.3 Å². The molecule has 2 aromatic rings. The van der Waals surface area contributed by atoms with E-state index in [2.05, 4.69) is 12.1 Å². The van der Waals surface area contributed by atoms with Gasteiger partial charge in [0.25, 0.3) is 0 Å². The molecule has 0 bridgehead atoms. The first kappa shape index (κ1) is 13.7. The minimum Gasteiger partial charge on any atom is -0.465 e. The third kappa shape index (κ3) is 4.81. The molecule has 0 aliphatic rings. The molecule has 0 saturated carbocycles. The Morgan fingerprint density at radius 2 is 1.74 bits per heavy atom. The summed E-state index contributed by atoms with van der Waals surface area (Å²) in [5.74, 6) is 1.65. The number of ether oxygens (including phenoxy) is 1. The van der Waals surface area contributed by atoms with Gasteiger partial charge in [0.15, 0.2) is 0 Å². The summed E-state index contributed by atoms with van der Waals surface area (Å²) >= 11 is 1.76. The number of hydrogen-bond donors (Lipinski definition) is 1. The average Bonchev–Trinajstić information content (AvgIpc) is 2.49. The van der Waals surface area contributed by atoms with Gasteiger partial charge in [0.1, 0.15) is 5.75 Å². The van der Waals surface area contributed by atoms with E-state index in [1.165, 1.54) is 4.90 Å². The second-order valence-corrected chi connectivity index (χ2v) is 5.01. The molecule has 1 N–H and O–H groups in total. The maximum absolute atomic E-state index is 8.93. The molecule has 0 atom stereocenters. The first-order chi connectivity index (χ1) is 9.38. The minimum atomic E-state index is 0.0594. The predicted octanol–water partition coefficient (Wildman–Crippen LogP) is 3.86. The quantitative estimate of drug-likeness (QED) is 0.639. The lowest BCUT2D eigenvalue weighted by molar-refractivity contribution is 0.281. The average molecular weight is 272 g/mol. The van der Waals surface area contributed by atoms with Crippen molar-refractivity contribution in [2.75, 3.05) is 5.75 Å². The van der Waals surface area contributed by atoms with Crippen LogP contribution in [-0.2, 0) is 6.61 Å². The fraction of sp³-hybridized carbons (Fsp3) is 0.125. The van der Waals surface area contributed by atoms with Gasteiger partial charge in [-0.05, 0) is 35.9 Å². The summed E-state index contributed by atoms with van der Waals surface area (Å²) in [4.78, 5) is 1.25. The molecule has 0 spiro atoms. The van der Waals surface area contributed by atoms with E-state index < -0.39 is 0 Å². The van der Waals surface area contributed by atoms with Crippen LogP contribution in [0, 0.1) is 0 Å². The number of thioether (sulfide) groups is 1. The monoisotopic (exact) mass is 272 g/mol. The molecule has 0 fully saturated rings. The van der Waals surface area contributed by atoms with Crippen molar-refractivity contribution < 1.29 is 9.84 Å². The van der Waals surface area contributed by atoms with Crippen molar-refractivity contribution >= 4 is 11.8 Å². The van der Waals surface area contributed by atoms with E-state index in [0.717, 1.165) is 17.1 Å². The van der Waals surface area contributed by atoms with E-state index >= 15 is 0 Å². The number of rotatable bonds is 6. The van der Waals surface area contributed by atoms with E-state index in [1.54, 1.807) is 18.0 Å². The molecule has 98 valence electrons. The van der Waals surface area contributed by atoms with Crippen molar-refractivity contribution in [2.24, 2.45) is 0 Å². The van der Waals surface area contributed by atoms with Crippen LogP contribution < -0.4 is 4.74 Å². The number of hydrogen-bond acceptors (Lipinski definition) is 3. The van der Waals surface area contributed by atoms with Gasteiger partial charge >= 0.3 is 0 Å². The zero-order valence-electron chi connectivity index (χ0n) is 10.5. The van der Waals surface area contributed by atoms with Crippen LogP contribution in [0.4, 0.5) is 0 Å². The normalized spacial score (nSPS) is 10.8. The van der Waals surface area contributed by atoms with Crippen LogP contribution in [0.15, 0.2) is 71.8 Å². The fourth-order valence-electron chi connectivity index (χ4n) is 1.50. The summed E-state index contributed by atoms with van der Waals surface area (Å²) < 4.78 is 5.47. The van der Waals surface area contributed by atoms with E-state index in [-0.39, 0.29) is 6.61 Å². The highest BCUT2D eigenvalue weighted by Crippen LogP contribution is 2.17. The zero-order valence-corrected chi connectivity index (χ0v) is 11.3. The molecule has 0 radical (unpaired) electrons.